The normalized spacial score (nSPS) is 15.4. The summed E-state index contributed by atoms with van der Waals surface area (Å²) >= 11 is 0. The fourth-order valence-electron chi connectivity index (χ4n) is 4.73. The van der Waals surface area contributed by atoms with Crippen LogP contribution in [-0.2, 0) is 9.59 Å². The van der Waals surface area contributed by atoms with E-state index in [-0.39, 0.29) is 18.7 Å². The highest BCUT2D eigenvalue weighted by atomic mass is 19.1. The number of nitrogens with zero attached hydrogens (tertiary/aromatic N) is 2. The van der Waals surface area contributed by atoms with Crippen LogP contribution in [0.5, 0.6) is 0 Å². The zero-order valence-electron chi connectivity index (χ0n) is 21.9. The van der Waals surface area contributed by atoms with Crippen LogP contribution >= 0.6 is 0 Å². The molecule has 11 heteroatoms. The topological polar surface area (TPSA) is 119 Å². The van der Waals surface area contributed by atoms with Crippen LogP contribution in [0, 0.1) is 25.5 Å². The zero-order valence-corrected chi connectivity index (χ0v) is 21.9. The van der Waals surface area contributed by atoms with E-state index in [9.17, 15) is 33.1 Å². The second kappa shape index (κ2) is 11.9. The standard InChI is InChI=1S/C29H28F2N4O5/c1-17-12-18(2)14-23(13-17)32-29(40)35-11-10-34(28(39)20-4-3-5-22(31)15-20)27(35)26(38)33-24(16-25(36)37)19-6-8-21(30)9-7-19/h3-9,12-15,24,27H,10-11,16H2,1-2H3,(H,32,40)(H,33,38)(H,36,37). The molecular formula is C29H28F2N4O5. The van der Waals surface area contributed by atoms with Crippen LogP contribution in [0.1, 0.15) is 39.5 Å². The molecule has 2 unspecified atom stereocenters. The molecule has 1 saturated heterocycles. The van der Waals surface area contributed by atoms with Crippen molar-refractivity contribution in [3.05, 3.63) is 101 Å². The first-order valence-corrected chi connectivity index (χ1v) is 12.5. The van der Waals surface area contributed by atoms with Crippen LogP contribution in [0.2, 0.25) is 0 Å². The number of carboxylic acid groups (broad SMARTS) is 1. The zero-order chi connectivity index (χ0) is 29.0. The van der Waals surface area contributed by atoms with Gasteiger partial charge >= 0.3 is 12.0 Å². The van der Waals surface area contributed by atoms with Crippen LogP contribution in [0.15, 0.2) is 66.7 Å². The van der Waals surface area contributed by atoms with Crippen molar-refractivity contribution in [2.24, 2.45) is 0 Å². The number of carboxylic acids is 1. The number of nitrogens with one attached hydrogen (secondary N) is 2. The number of urea groups is 1. The van der Waals surface area contributed by atoms with Gasteiger partial charge in [-0.25, -0.2) is 13.6 Å². The van der Waals surface area contributed by atoms with Gasteiger partial charge in [0.05, 0.1) is 12.5 Å². The third-order valence-electron chi connectivity index (χ3n) is 6.44. The summed E-state index contributed by atoms with van der Waals surface area (Å²) in [7, 11) is 0. The molecule has 3 N–H and O–H groups in total. The van der Waals surface area contributed by atoms with Gasteiger partial charge in [0.15, 0.2) is 6.17 Å². The highest BCUT2D eigenvalue weighted by Crippen LogP contribution is 2.24. The Balaban J connectivity index is 1.66. The number of benzene rings is 3. The molecule has 0 aromatic heterocycles. The van der Waals surface area contributed by atoms with Crippen LogP contribution < -0.4 is 10.6 Å². The van der Waals surface area contributed by atoms with Crippen molar-refractivity contribution in [1.82, 2.24) is 15.1 Å². The summed E-state index contributed by atoms with van der Waals surface area (Å²) in [5.74, 6) is -3.92. The Labute approximate surface area is 229 Å². The summed E-state index contributed by atoms with van der Waals surface area (Å²) in [6.45, 7) is 3.68. The fourth-order valence-corrected chi connectivity index (χ4v) is 4.73. The molecule has 1 heterocycles. The van der Waals surface area contributed by atoms with Crippen LogP contribution in [0.3, 0.4) is 0 Å². The van der Waals surface area contributed by atoms with Crippen molar-refractivity contribution in [3.8, 4) is 0 Å². The van der Waals surface area contributed by atoms with Crippen molar-refractivity contribution >= 4 is 29.5 Å². The minimum atomic E-state index is -1.47. The van der Waals surface area contributed by atoms with Gasteiger partial charge < -0.3 is 20.6 Å². The second-order valence-corrected chi connectivity index (χ2v) is 9.59. The van der Waals surface area contributed by atoms with E-state index >= 15 is 0 Å². The molecule has 208 valence electrons. The average molecular weight is 551 g/mol. The summed E-state index contributed by atoms with van der Waals surface area (Å²) in [5, 5.41) is 14.8. The molecule has 2 atom stereocenters. The summed E-state index contributed by atoms with van der Waals surface area (Å²) in [5.41, 5.74) is 2.61. The third kappa shape index (κ3) is 6.60. The van der Waals surface area contributed by atoms with Gasteiger partial charge in [-0.15, -0.1) is 0 Å². The van der Waals surface area contributed by atoms with Crippen molar-refractivity contribution in [3.63, 3.8) is 0 Å². The summed E-state index contributed by atoms with van der Waals surface area (Å²) in [4.78, 5) is 54.3. The minimum absolute atomic E-state index is 0.0179. The molecule has 0 bridgehead atoms. The Bertz CT molecular complexity index is 1430. The molecule has 40 heavy (non-hydrogen) atoms. The molecular weight excluding hydrogens is 522 g/mol. The van der Waals surface area contributed by atoms with Crippen molar-refractivity contribution in [2.45, 2.75) is 32.5 Å². The number of hydrogen-bond donors (Lipinski definition) is 3. The van der Waals surface area contributed by atoms with E-state index in [1.165, 1.54) is 30.3 Å². The number of aliphatic carboxylic acids is 1. The molecule has 3 aromatic rings. The summed E-state index contributed by atoms with van der Waals surface area (Å²) < 4.78 is 27.4. The number of rotatable bonds is 7. The third-order valence-corrected chi connectivity index (χ3v) is 6.44. The highest BCUT2D eigenvalue weighted by Gasteiger charge is 2.44. The molecule has 3 aromatic carbocycles. The maximum absolute atomic E-state index is 13.9. The number of aryl methyl sites for hydroxylation is 2. The summed E-state index contributed by atoms with van der Waals surface area (Å²) in [6.07, 6.45) is -2.00. The maximum atomic E-state index is 13.9. The Hall–Kier alpha value is -4.80. The lowest BCUT2D eigenvalue weighted by molar-refractivity contribution is -0.138. The van der Waals surface area contributed by atoms with Crippen LogP contribution in [-0.4, -0.2) is 58.0 Å². The number of carbonyl (C=O) groups excluding carboxylic acids is 3. The monoisotopic (exact) mass is 550 g/mol. The Morgan fingerprint density at radius 1 is 0.900 bits per heavy atom. The number of halogens is 2. The van der Waals surface area contributed by atoms with Gasteiger partial charge in [-0.1, -0.05) is 24.3 Å². The molecule has 0 radical (unpaired) electrons. The molecule has 0 spiro atoms. The van der Waals surface area contributed by atoms with Crippen LogP contribution in [0.25, 0.3) is 0 Å². The number of hydrogen-bond acceptors (Lipinski definition) is 4. The first-order chi connectivity index (χ1) is 19.0. The first kappa shape index (κ1) is 28.2. The largest absolute Gasteiger partial charge is 0.481 e. The Kier molecular flexibility index (Phi) is 8.42. The van der Waals surface area contributed by atoms with Crippen molar-refractivity contribution < 1.29 is 33.1 Å². The average Bonchev–Trinajstić information content (AvgIpc) is 3.33. The van der Waals surface area contributed by atoms with Gasteiger partial charge in [0.2, 0.25) is 0 Å². The van der Waals surface area contributed by atoms with E-state index in [0.717, 1.165) is 39.1 Å². The van der Waals surface area contributed by atoms with Gasteiger partial charge in [-0.3, -0.25) is 19.3 Å². The molecule has 1 fully saturated rings. The number of anilines is 1. The molecule has 1 aliphatic heterocycles. The molecule has 9 nitrogen and oxygen atoms in total. The number of amides is 4. The number of carbonyl (C=O) groups is 4. The van der Waals surface area contributed by atoms with Crippen LogP contribution in [0.4, 0.5) is 19.3 Å². The Morgan fingerprint density at radius 3 is 2.17 bits per heavy atom. The minimum Gasteiger partial charge on any atom is -0.481 e. The second-order valence-electron chi connectivity index (χ2n) is 9.59. The van der Waals surface area contributed by atoms with E-state index in [1.54, 1.807) is 12.1 Å². The van der Waals surface area contributed by atoms with Crippen molar-refractivity contribution in [2.75, 3.05) is 18.4 Å². The van der Waals surface area contributed by atoms with E-state index in [0.29, 0.717) is 11.3 Å². The van der Waals surface area contributed by atoms with E-state index in [2.05, 4.69) is 10.6 Å². The molecule has 4 amide bonds. The quantitative estimate of drug-likeness (QED) is 0.407. The maximum Gasteiger partial charge on any atom is 0.323 e. The van der Waals surface area contributed by atoms with Gasteiger partial charge in [-0.05, 0) is 73.0 Å². The van der Waals surface area contributed by atoms with E-state index < -0.39 is 54.1 Å². The molecule has 0 aliphatic carbocycles. The van der Waals surface area contributed by atoms with Gasteiger partial charge in [0.25, 0.3) is 11.8 Å². The Morgan fingerprint density at radius 2 is 1.55 bits per heavy atom. The van der Waals surface area contributed by atoms with Crippen molar-refractivity contribution in [1.29, 1.82) is 0 Å². The fraction of sp³-hybridized carbons (Fsp3) is 0.241. The van der Waals surface area contributed by atoms with Gasteiger partial charge in [0.1, 0.15) is 11.6 Å². The lowest BCUT2D eigenvalue weighted by atomic mass is 10.0. The molecule has 1 aliphatic rings. The smallest absolute Gasteiger partial charge is 0.323 e. The predicted molar refractivity (Wildman–Crippen MR) is 142 cm³/mol. The van der Waals surface area contributed by atoms with Gasteiger partial charge in [0, 0.05) is 24.3 Å². The van der Waals surface area contributed by atoms with E-state index in [1.807, 2.05) is 19.9 Å². The predicted octanol–water partition coefficient (Wildman–Crippen LogP) is 4.23. The summed E-state index contributed by atoms with van der Waals surface area (Å²) in [6, 6.07) is 13.6. The lowest BCUT2D eigenvalue weighted by Crippen LogP contribution is -2.55. The first-order valence-electron chi connectivity index (χ1n) is 12.5. The lowest BCUT2D eigenvalue weighted by Gasteiger charge is -2.31. The molecule has 0 saturated carbocycles. The SMILES string of the molecule is Cc1cc(C)cc(NC(=O)N2CCN(C(=O)c3cccc(F)c3)C2C(=O)NC(CC(=O)O)c2ccc(F)cc2)c1. The van der Waals surface area contributed by atoms with E-state index in [4.69, 9.17) is 0 Å². The highest BCUT2D eigenvalue weighted by molar-refractivity contribution is 6.00. The molecule has 4 rings (SSSR count). The van der Waals surface area contributed by atoms with Gasteiger partial charge in [-0.2, -0.15) is 0 Å².